The van der Waals surface area contributed by atoms with Crippen molar-refractivity contribution in [2.75, 3.05) is 0 Å². The quantitative estimate of drug-likeness (QED) is 0.745. The summed E-state index contributed by atoms with van der Waals surface area (Å²) in [5.41, 5.74) is 2.53. The average molecular weight is 439 g/mol. The molecular weight excluding hydrogens is 423 g/mol. The van der Waals surface area contributed by atoms with Gasteiger partial charge in [0, 0.05) is 19.5 Å². The Bertz CT molecular complexity index is 1100. The van der Waals surface area contributed by atoms with Crippen LogP contribution in [0.3, 0.4) is 0 Å². The molecule has 2 aliphatic rings. The van der Waals surface area contributed by atoms with Crippen LogP contribution in [0.25, 0.3) is 0 Å². The topological polar surface area (TPSA) is 83.6 Å². The summed E-state index contributed by atoms with van der Waals surface area (Å²) in [5.74, 6) is -0.973. The molecule has 0 spiro atoms. The average Bonchev–Trinajstić information content (AvgIpc) is 3.08. The molecule has 28 heavy (non-hydrogen) atoms. The van der Waals surface area contributed by atoms with Crippen molar-refractivity contribution in [2.45, 2.75) is 36.7 Å². The lowest BCUT2D eigenvalue weighted by atomic mass is 9.89. The Morgan fingerprint density at radius 2 is 1.71 bits per heavy atom. The van der Waals surface area contributed by atoms with E-state index in [1.54, 1.807) is 0 Å². The molecule has 0 aliphatic carbocycles. The van der Waals surface area contributed by atoms with E-state index >= 15 is 0 Å². The van der Waals surface area contributed by atoms with Crippen molar-refractivity contribution in [3.05, 3.63) is 63.1 Å². The maximum Gasteiger partial charge on any atom is 0.243 e. The molecule has 146 valence electrons. The Kier molecular flexibility index (Phi) is 4.95. The third-order valence-electron chi connectivity index (χ3n) is 5.09. The molecule has 2 amide bonds. The molecular formula is C19H16Cl2N2O4S. The molecule has 4 rings (SSSR count). The highest BCUT2D eigenvalue weighted by Gasteiger charge is 2.33. The lowest BCUT2D eigenvalue weighted by molar-refractivity contribution is -0.134. The van der Waals surface area contributed by atoms with Gasteiger partial charge in [-0.2, -0.15) is 4.31 Å². The molecule has 0 bridgehead atoms. The number of hydrogen-bond acceptors (Lipinski definition) is 4. The number of nitrogens with one attached hydrogen (secondary N) is 1. The number of hydrogen-bond donors (Lipinski definition) is 1. The van der Waals surface area contributed by atoms with Crippen LogP contribution in [-0.2, 0) is 32.7 Å². The van der Waals surface area contributed by atoms with Crippen LogP contribution in [-0.4, -0.2) is 24.5 Å². The zero-order valence-electron chi connectivity index (χ0n) is 14.6. The van der Waals surface area contributed by atoms with E-state index in [0.717, 1.165) is 16.7 Å². The smallest absolute Gasteiger partial charge is 0.243 e. The number of carbonyl (C=O) groups excluding carboxylic acids is 2. The zero-order chi connectivity index (χ0) is 20.1. The standard InChI is InChI=1S/C19H16Cl2N2O4S/c20-16-5-3-14(8-17(16)21)28(26,27)23-9-12-2-1-11(7-13(12)10-23)15-4-6-18(24)22-19(15)25/h1-3,5,7-8,15H,4,6,9-10H2,(H,22,24,25). The molecule has 2 aromatic rings. The Hall–Kier alpha value is -1.93. The van der Waals surface area contributed by atoms with E-state index in [2.05, 4.69) is 5.32 Å². The molecule has 1 atom stereocenters. The van der Waals surface area contributed by atoms with Crippen molar-refractivity contribution in [3.8, 4) is 0 Å². The van der Waals surface area contributed by atoms with Crippen molar-refractivity contribution in [3.63, 3.8) is 0 Å². The number of fused-ring (bicyclic) bond motifs is 1. The van der Waals surface area contributed by atoms with Crippen LogP contribution >= 0.6 is 23.2 Å². The van der Waals surface area contributed by atoms with Gasteiger partial charge in [0.05, 0.1) is 20.9 Å². The van der Waals surface area contributed by atoms with Crippen molar-refractivity contribution >= 4 is 45.0 Å². The monoisotopic (exact) mass is 438 g/mol. The number of piperidine rings is 1. The Labute approximate surface area is 172 Å². The number of halogens is 2. The third kappa shape index (κ3) is 3.43. The minimum absolute atomic E-state index is 0.0834. The molecule has 9 heteroatoms. The predicted molar refractivity (Wildman–Crippen MR) is 104 cm³/mol. The second-order valence-electron chi connectivity index (χ2n) is 6.88. The lowest BCUT2D eigenvalue weighted by Crippen LogP contribution is -2.39. The van der Waals surface area contributed by atoms with E-state index in [0.29, 0.717) is 17.9 Å². The van der Waals surface area contributed by atoms with E-state index in [9.17, 15) is 18.0 Å². The van der Waals surface area contributed by atoms with Crippen molar-refractivity contribution < 1.29 is 18.0 Å². The fraction of sp³-hybridized carbons (Fsp3) is 0.263. The number of carbonyl (C=O) groups is 2. The summed E-state index contributed by atoms with van der Waals surface area (Å²) in [5, 5.41) is 2.82. The number of sulfonamides is 1. The number of nitrogens with zero attached hydrogens (tertiary/aromatic N) is 1. The van der Waals surface area contributed by atoms with E-state index in [4.69, 9.17) is 23.2 Å². The lowest BCUT2D eigenvalue weighted by Gasteiger charge is -2.21. The van der Waals surface area contributed by atoms with Crippen LogP contribution in [0.5, 0.6) is 0 Å². The first-order chi connectivity index (χ1) is 13.3. The van der Waals surface area contributed by atoms with Gasteiger partial charge in [-0.3, -0.25) is 14.9 Å². The number of imide groups is 1. The molecule has 6 nitrogen and oxygen atoms in total. The van der Waals surface area contributed by atoms with Crippen molar-refractivity contribution in [2.24, 2.45) is 0 Å². The summed E-state index contributed by atoms with van der Waals surface area (Å²) < 4.78 is 27.3. The minimum atomic E-state index is -3.74. The van der Waals surface area contributed by atoms with E-state index in [1.807, 2.05) is 18.2 Å². The van der Waals surface area contributed by atoms with Gasteiger partial charge >= 0.3 is 0 Å². The molecule has 1 unspecified atom stereocenters. The fourth-order valence-corrected chi connectivity index (χ4v) is 5.35. The SMILES string of the molecule is O=C1CCC(c2ccc3c(c2)CN(S(=O)(=O)c2ccc(Cl)c(Cl)c2)C3)C(=O)N1. The minimum Gasteiger partial charge on any atom is -0.296 e. The maximum atomic E-state index is 13.0. The summed E-state index contributed by atoms with van der Waals surface area (Å²) in [7, 11) is -3.74. The van der Waals surface area contributed by atoms with Crippen molar-refractivity contribution in [1.29, 1.82) is 0 Å². The second-order valence-corrected chi connectivity index (χ2v) is 9.63. The summed E-state index contributed by atoms with van der Waals surface area (Å²) in [4.78, 5) is 23.5. The molecule has 2 heterocycles. The summed E-state index contributed by atoms with van der Waals surface area (Å²) >= 11 is 11.9. The third-order valence-corrected chi connectivity index (χ3v) is 7.62. The Morgan fingerprint density at radius 3 is 2.43 bits per heavy atom. The Morgan fingerprint density at radius 1 is 0.964 bits per heavy atom. The normalized spacial score (nSPS) is 20.1. The molecule has 1 N–H and O–H groups in total. The van der Waals surface area contributed by atoms with Gasteiger partial charge in [-0.05, 0) is 41.3 Å². The molecule has 0 radical (unpaired) electrons. The van der Waals surface area contributed by atoms with Crippen molar-refractivity contribution in [1.82, 2.24) is 9.62 Å². The first-order valence-electron chi connectivity index (χ1n) is 8.66. The highest BCUT2D eigenvalue weighted by Crippen LogP contribution is 2.34. The molecule has 2 aromatic carbocycles. The summed E-state index contributed by atoms with van der Waals surface area (Å²) in [6.45, 7) is 0.451. The first-order valence-corrected chi connectivity index (χ1v) is 10.9. The van der Waals surface area contributed by atoms with Gasteiger partial charge in [0.25, 0.3) is 0 Å². The first kappa shape index (κ1) is 19.4. The van der Waals surface area contributed by atoms with E-state index in [1.165, 1.54) is 22.5 Å². The highest BCUT2D eigenvalue weighted by molar-refractivity contribution is 7.89. The number of rotatable bonds is 3. The van der Waals surface area contributed by atoms with Crippen LogP contribution in [0.1, 0.15) is 35.4 Å². The Balaban J connectivity index is 1.59. The van der Waals surface area contributed by atoms with E-state index in [-0.39, 0.29) is 34.8 Å². The largest absolute Gasteiger partial charge is 0.296 e. The molecule has 0 aromatic heterocycles. The van der Waals surface area contributed by atoms with Gasteiger partial charge in [-0.15, -0.1) is 0 Å². The van der Waals surface area contributed by atoms with Gasteiger partial charge < -0.3 is 0 Å². The number of benzene rings is 2. The number of amides is 2. The second kappa shape index (κ2) is 7.15. The van der Waals surface area contributed by atoms with Crippen LogP contribution in [0.15, 0.2) is 41.3 Å². The zero-order valence-corrected chi connectivity index (χ0v) is 16.9. The van der Waals surface area contributed by atoms with Crippen LogP contribution in [0.4, 0.5) is 0 Å². The van der Waals surface area contributed by atoms with Gasteiger partial charge in [-0.1, -0.05) is 41.4 Å². The molecule has 1 fully saturated rings. The maximum absolute atomic E-state index is 13.0. The van der Waals surface area contributed by atoms with Crippen LogP contribution in [0, 0.1) is 0 Å². The van der Waals surface area contributed by atoms with Gasteiger partial charge in [-0.25, -0.2) is 8.42 Å². The van der Waals surface area contributed by atoms with Gasteiger partial charge in [0.2, 0.25) is 21.8 Å². The molecule has 1 saturated heterocycles. The molecule has 2 aliphatic heterocycles. The highest BCUT2D eigenvalue weighted by atomic mass is 35.5. The van der Waals surface area contributed by atoms with Gasteiger partial charge in [0.1, 0.15) is 0 Å². The fourth-order valence-electron chi connectivity index (χ4n) is 3.57. The van der Waals surface area contributed by atoms with Crippen LogP contribution in [0.2, 0.25) is 10.0 Å². The van der Waals surface area contributed by atoms with E-state index < -0.39 is 15.9 Å². The summed E-state index contributed by atoms with van der Waals surface area (Å²) in [6, 6.07) is 9.77. The van der Waals surface area contributed by atoms with Crippen LogP contribution < -0.4 is 5.32 Å². The van der Waals surface area contributed by atoms with Gasteiger partial charge in [0.15, 0.2) is 0 Å². The summed E-state index contributed by atoms with van der Waals surface area (Å²) in [6.07, 6.45) is 0.750. The molecule has 0 saturated carbocycles. The predicted octanol–water partition coefficient (Wildman–Crippen LogP) is 3.22.